The van der Waals surface area contributed by atoms with Gasteiger partial charge in [0.05, 0.1) is 6.10 Å². The summed E-state index contributed by atoms with van der Waals surface area (Å²) in [4.78, 5) is 0. The first-order valence-corrected chi connectivity index (χ1v) is 5.17. The molecule has 0 saturated carbocycles. The molecule has 1 nitrogen and oxygen atoms in total. The third-order valence-corrected chi connectivity index (χ3v) is 1.87. The van der Waals surface area contributed by atoms with Crippen LogP contribution in [0.3, 0.4) is 0 Å². The van der Waals surface area contributed by atoms with Crippen molar-refractivity contribution in [1.29, 1.82) is 0 Å². The van der Waals surface area contributed by atoms with Crippen molar-refractivity contribution in [2.45, 2.75) is 53.6 Å². The molecule has 0 saturated heterocycles. The summed E-state index contributed by atoms with van der Waals surface area (Å²) in [5.74, 6) is 1.50. The van der Waals surface area contributed by atoms with Crippen molar-refractivity contribution in [3.63, 3.8) is 0 Å². The van der Waals surface area contributed by atoms with Crippen molar-refractivity contribution in [2.75, 3.05) is 6.61 Å². The van der Waals surface area contributed by atoms with Gasteiger partial charge in [0, 0.05) is 6.61 Å². The molecule has 0 aliphatic rings. The molecule has 74 valence electrons. The standard InChI is InChI=1S/C11H24O/c1-6-12-11(7-9(2)3)8-10(4)5/h9-11H,6-8H2,1-5H3. The number of rotatable bonds is 6. The first-order valence-electron chi connectivity index (χ1n) is 5.17. The predicted molar refractivity (Wildman–Crippen MR) is 54.3 cm³/mol. The summed E-state index contributed by atoms with van der Waals surface area (Å²) < 4.78 is 5.66. The maximum atomic E-state index is 5.66. The Bertz CT molecular complexity index is 87.2. The minimum atomic E-state index is 0.481. The van der Waals surface area contributed by atoms with Gasteiger partial charge in [0.25, 0.3) is 0 Å². The summed E-state index contributed by atoms with van der Waals surface area (Å²) in [6.45, 7) is 12.0. The number of ether oxygens (including phenoxy) is 1. The van der Waals surface area contributed by atoms with E-state index in [0.29, 0.717) is 6.10 Å². The summed E-state index contributed by atoms with van der Waals surface area (Å²) in [6, 6.07) is 0. The molecule has 12 heavy (non-hydrogen) atoms. The average Bonchev–Trinajstić information content (AvgIpc) is 1.84. The van der Waals surface area contributed by atoms with E-state index in [9.17, 15) is 0 Å². The quantitative estimate of drug-likeness (QED) is 0.596. The van der Waals surface area contributed by atoms with Crippen LogP contribution in [0, 0.1) is 11.8 Å². The number of hydrogen-bond acceptors (Lipinski definition) is 1. The second-order valence-corrected chi connectivity index (χ2v) is 4.34. The van der Waals surface area contributed by atoms with Gasteiger partial charge in [-0.2, -0.15) is 0 Å². The average molecular weight is 172 g/mol. The largest absolute Gasteiger partial charge is 0.378 e. The van der Waals surface area contributed by atoms with E-state index in [0.717, 1.165) is 18.4 Å². The van der Waals surface area contributed by atoms with Gasteiger partial charge in [-0.05, 0) is 31.6 Å². The summed E-state index contributed by atoms with van der Waals surface area (Å²) in [7, 11) is 0. The fourth-order valence-corrected chi connectivity index (χ4v) is 1.52. The monoisotopic (exact) mass is 172 g/mol. The van der Waals surface area contributed by atoms with Crippen LogP contribution in [0.4, 0.5) is 0 Å². The molecule has 0 bridgehead atoms. The van der Waals surface area contributed by atoms with Crippen molar-refractivity contribution < 1.29 is 4.74 Å². The van der Waals surface area contributed by atoms with E-state index in [1.807, 2.05) is 0 Å². The first kappa shape index (κ1) is 12.0. The van der Waals surface area contributed by atoms with Crippen molar-refractivity contribution >= 4 is 0 Å². The zero-order valence-electron chi connectivity index (χ0n) is 9.26. The smallest absolute Gasteiger partial charge is 0.0579 e. The van der Waals surface area contributed by atoms with Gasteiger partial charge in [-0.25, -0.2) is 0 Å². The molecule has 0 rings (SSSR count). The normalized spacial score (nSPS) is 12.0. The minimum absolute atomic E-state index is 0.481. The fourth-order valence-electron chi connectivity index (χ4n) is 1.52. The summed E-state index contributed by atoms with van der Waals surface area (Å²) in [5.41, 5.74) is 0. The third kappa shape index (κ3) is 6.66. The van der Waals surface area contributed by atoms with E-state index in [1.165, 1.54) is 12.8 Å². The Morgan fingerprint density at radius 1 is 0.917 bits per heavy atom. The SMILES string of the molecule is CCOC(CC(C)C)CC(C)C. The van der Waals surface area contributed by atoms with Gasteiger partial charge in [0.1, 0.15) is 0 Å². The first-order chi connectivity index (χ1) is 5.56. The molecular formula is C11H24O. The van der Waals surface area contributed by atoms with Crippen LogP contribution in [0.25, 0.3) is 0 Å². The van der Waals surface area contributed by atoms with Gasteiger partial charge >= 0.3 is 0 Å². The van der Waals surface area contributed by atoms with Crippen molar-refractivity contribution in [2.24, 2.45) is 11.8 Å². The molecule has 0 aromatic carbocycles. The third-order valence-electron chi connectivity index (χ3n) is 1.87. The molecule has 0 aliphatic heterocycles. The van der Waals surface area contributed by atoms with Crippen LogP contribution in [0.15, 0.2) is 0 Å². The molecule has 0 radical (unpaired) electrons. The molecule has 1 heteroatoms. The highest BCUT2D eigenvalue weighted by atomic mass is 16.5. The molecule has 0 N–H and O–H groups in total. The van der Waals surface area contributed by atoms with E-state index in [2.05, 4.69) is 34.6 Å². The fraction of sp³-hybridized carbons (Fsp3) is 1.00. The lowest BCUT2D eigenvalue weighted by Crippen LogP contribution is -2.17. The molecule has 0 aliphatic carbocycles. The van der Waals surface area contributed by atoms with Gasteiger partial charge in [-0.3, -0.25) is 0 Å². The maximum Gasteiger partial charge on any atom is 0.0579 e. The van der Waals surface area contributed by atoms with Gasteiger partial charge in [-0.1, -0.05) is 27.7 Å². The van der Waals surface area contributed by atoms with Crippen LogP contribution in [-0.4, -0.2) is 12.7 Å². The topological polar surface area (TPSA) is 9.23 Å². The molecule has 0 aromatic heterocycles. The van der Waals surface area contributed by atoms with Crippen LogP contribution in [-0.2, 0) is 4.74 Å². The van der Waals surface area contributed by atoms with Crippen LogP contribution in [0.5, 0.6) is 0 Å². The molecule has 0 unspecified atom stereocenters. The molecular weight excluding hydrogens is 148 g/mol. The van der Waals surface area contributed by atoms with E-state index >= 15 is 0 Å². The summed E-state index contributed by atoms with van der Waals surface area (Å²) in [5, 5.41) is 0. The summed E-state index contributed by atoms with van der Waals surface area (Å²) >= 11 is 0. The predicted octanol–water partition coefficient (Wildman–Crippen LogP) is 3.48. The maximum absolute atomic E-state index is 5.66. The van der Waals surface area contributed by atoms with E-state index in [4.69, 9.17) is 4.74 Å². The zero-order chi connectivity index (χ0) is 9.56. The molecule has 0 heterocycles. The Labute approximate surface area is 77.5 Å². The molecule has 0 aromatic rings. The lowest BCUT2D eigenvalue weighted by atomic mass is 9.98. The van der Waals surface area contributed by atoms with Gasteiger partial charge in [0.2, 0.25) is 0 Å². The zero-order valence-corrected chi connectivity index (χ0v) is 9.26. The summed E-state index contributed by atoms with van der Waals surface area (Å²) in [6.07, 6.45) is 2.88. The van der Waals surface area contributed by atoms with Crippen LogP contribution in [0.2, 0.25) is 0 Å². The van der Waals surface area contributed by atoms with Crippen LogP contribution >= 0.6 is 0 Å². The second-order valence-electron chi connectivity index (χ2n) is 4.34. The van der Waals surface area contributed by atoms with Crippen molar-refractivity contribution in [1.82, 2.24) is 0 Å². The highest BCUT2D eigenvalue weighted by Gasteiger charge is 2.12. The van der Waals surface area contributed by atoms with Crippen LogP contribution < -0.4 is 0 Å². The molecule has 0 amide bonds. The van der Waals surface area contributed by atoms with E-state index in [1.54, 1.807) is 0 Å². The van der Waals surface area contributed by atoms with Gasteiger partial charge in [-0.15, -0.1) is 0 Å². The van der Waals surface area contributed by atoms with Crippen molar-refractivity contribution in [3.8, 4) is 0 Å². The molecule has 0 atom stereocenters. The van der Waals surface area contributed by atoms with Crippen LogP contribution in [0.1, 0.15) is 47.5 Å². The Morgan fingerprint density at radius 2 is 1.33 bits per heavy atom. The Hall–Kier alpha value is -0.0400. The Kier molecular flexibility index (Phi) is 6.45. The van der Waals surface area contributed by atoms with Gasteiger partial charge < -0.3 is 4.74 Å². The van der Waals surface area contributed by atoms with E-state index < -0.39 is 0 Å². The number of hydrogen-bond donors (Lipinski definition) is 0. The Balaban J connectivity index is 3.69. The molecule has 0 fully saturated rings. The lowest BCUT2D eigenvalue weighted by molar-refractivity contribution is 0.0339. The Morgan fingerprint density at radius 3 is 1.58 bits per heavy atom. The minimum Gasteiger partial charge on any atom is -0.378 e. The molecule has 0 spiro atoms. The van der Waals surface area contributed by atoms with E-state index in [-0.39, 0.29) is 0 Å². The highest BCUT2D eigenvalue weighted by Crippen LogP contribution is 2.16. The van der Waals surface area contributed by atoms with Gasteiger partial charge in [0.15, 0.2) is 0 Å². The second kappa shape index (κ2) is 6.47. The highest BCUT2D eigenvalue weighted by molar-refractivity contribution is 4.62. The van der Waals surface area contributed by atoms with Crippen molar-refractivity contribution in [3.05, 3.63) is 0 Å². The lowest BCUT2D eigenvalue weighted by Gasteiger charge is -2.20.